The monoisotopic (exact) mass is 302 g/mol. The standard InChI is InChI=1S/C12H10N6O4/c13-9-5-10(14)12(18(21)22)6-11(9)16-15-7-1-3-8(4-2-7)17(19)20/h1-6H,13-14H2. The third kappa shape index (κ3) is 3.12. The molecule has 4 N–H and O–H groups in total. The summed E-state index contributed by atoms with van der Waals surface area (Å²) < 4.78 is 0. The van der Waals surface area contributed by atoms with E-state index >= 15 is 0 Å². The van der Waals surface area contributed by atoms with E-state index < -0.39 is 9.85 Å². The summed E-state index contributed by atoms with van der Waals surface area (Å²) in [6.07, 6.45) is 0. The number of nitro benzene ring substituents is 2. The molecule has 2 rings (SSSR count). The maximum absolute atomic E-state index is 10.8. The highest BCUT2D eigenvalue weighted by molar-refractivity contribution is 5.75. The molecule has 0 amide bonds. The predicted octanol–water partition coefficient (Wildman–Crippen LogP) is 3.08. The predicted molar refractivity (Wildman–Crippen MR) is 79.2 cm³/mol. The second-order valence-corrected chi connectivity index (χ2v) is 4.20. The minimum absolute atomic E-state index is 0.0724. The summed E-state index contributed by atoms with van der Waals surface area (Å²) in [7, 11) is 0. The largest absolute Gasteiger partial charge is 0.397 e. The molecule has 2 aromatic carbocycles. The first-order valence-electron chi connectivity index (χ1n) is 5.88. The van der Waals surface area contributed by atoms with Crippen LogP contribution in [0.5, 0.6) is 0 Å². The number of nitro groups is 2. The Hall–Kier alpha value is -3.56. The van der Waals surface area contributed by atoms with Gasteiger partial charge in [0.25, 0.3) is 11.4 Å². The molecule has 112 valence electrons. The number of non-ortho nitro benzene ring substituents is 1. The highest BCUT2D eigenvalue weighted by atomic mass is 16.6. The molecule has 10 nitrogen and oxygen atoms in total. The Labute approximate surface area is 123 Å². The topological polar surface area (TPSA) is 163 Å². The SMILES string of the molecule is Nc1cc(N)c([N+](=O)[O-])cc1N=Nc1ccc([N+](=O)[O-])cc1. The van der Waals surface area contributed by atoms with Gasteiger partial charge in [0, 0.05) is 18.2 Å². The van der Waals surface area contributed by atoms with Crippen molar-refractivity contribution in [1.82, 2.24) is 0 Å². The lowest BCUT2D eigenvalue weighted by molar-refractivity contribution is -0.384. The molecule has 0 aliphatic carbocycles. The molecule has 0 aliphatic rings. The zero-order chi connectivity index (χ0) is 16.3. The Morgan fingerprint density at radius 1 is 0.864 bits per heavy atom. The van der Waals surface area contributed by atoms with Gasteiger partial charge in [-0.15, -0.1) is 5.11 Å². The normalized spacial score (nSPS) is 10.7. The molecule has 0 saturated carbocycles. The number of anilines is 2. The quantitative estimate of drug-likeness (QED) is 0.381. The van der Waals surface area contributed by atoms with Gasteiger partial charge in [-0.05, 0) is 18.2 Å². The van der Waals surface area contributed by atoms with E-state index in [0.29, 0.717) is 5.69 Å². The second kappa shape index (κ2) is 5.83. The minimum Gasteiger partial charge on any atom is -0.397 e. The molecule has 2 aromatic rings. The van der Waals surface area contributed by atoms with Gasteiger partial charge in [-0.2, -0.15) is 5.11 Å². The van der Waals surface area contributed by atoms with Gasteiger partial charge < -0.3 is 11.5 Å². The van der Waals surface area contributed by atoms with Gasteiger partial charge in [-0.3, -0.25) is 20.2 Å². The molecule has 0 fully saturated rings. The van der Waals surface area contributed by atoms with Crippen molar-refractivity contribution in [2.75, 3.05) is 11.5 Å². The second-order valence-electron chi connectivity index (χ2n) is 4.20. The Balaban J connectivity index is 2.31. The molecule has 0 spiro atoms. The van der Waals surface area contributed by atoms with Crippen LogP contribution in [0.4, 0.5) is 34.1 Å². The molecule has 0 bridgehead atoms. The smallest absolute Gasteiger partial charge is 0.294 e. The molecule has 10 heteroatoms. The number of hydrogen-bond donors (Lipinski definition) is 2. The number of azo groups is 1. The Bertz CT molecular complexity index is 772. The molecule has 0 heterocycles. The van der Waals surface area contributed by atoms with Gasteiger partial charge >= 0.3 is 0 Å². The number of benzene rings is 2. The Morgan fingerprint density at radius 3 is 2.05 bits per heavy atom. The van der Waals surface area contributed by atoms with Crippen LogP contribution in [-0.2, 0) is 0 Å². The minimum atomic E-state index is -0.653. The fourth-order valence-electron chi connectivity index (χ4n) is 1.61. The highest BCUT2D eigenvalue weighted by Gasteiger charge is 2.14. The van der Waals surface area contributed by atoms with Crippen LogP contribution < -0.4 is 11.5 Å². The first kappa shape index (κ1) is 14.8. The van der Waals surface area contributed by atoms with E-state index in [-0.39, 0.29) is 28.4 Å². The van der Waals surface area contributed by atoms with E-state index in [1.165, 1.54) is 30.3 Å². The number of nitrogen functional groups attached to an aromatic ring is 2. The first-order valence-corrected chi connectivity index (χ1v) is 5.88. The third-order valence-electron chi connectivity index (χ3n) is 2.71. The molecule has 0 aliphatic heterocycles. The molecular weight excluding hydrogens is 292 g/mol. The average molecular weight is 302 g/mol. The lowest BCUT2D eigenvalue weighted by atomic mass is 10.2. The lowest BCUT2D eigenvalue weighted by Crippen LogP contribution is -1.97. The maximum atomic E-state index is 10.8. The van der Waals surface area contributed by atoms with Crippen LogP contribution in [0.2, 0.25) is 0 Å². The van der Waals surface area contributed by atoms with Crippen molar-refractivity contribution in [3.8, 4) is 0 Å². The van der Waals surface area contributed by atoms with Crippen molar-refractivity contribution < 1.29 is 9.85 Å². The van der Waals surface area contributed by atoms with Crippen LogP contribution in [0, 0.1) is 20.2 Å². The zero-order valence-corrected chi connectivity index (χ0v) is 11.0. The summed E-state index contributed by atoms with van der Waals surface area (Å²) in [6.45, 7) is 0. The van der Waals surface area contributed by atoms with E-state index in [4.69, 9.17) is 11.5 Å². The van der Waals surface area contributed by atoms with Gasteiger partial charge in [-0.1, -0.05) is 0 Å². The zero-order valence-electron chi connectivity index (χ0n) is 11.0. The highest BCUT2D eigenvalue weighted by Crippen LogP contribution is 2.33. The van der Waals surface area contributed by atoms with Crippen molar-refractivity contribution >= 4 is 34.1 Å². The lowest BCUT2D eigenvalue weighted by Gasteiger charge is -2.02. The summed E-state index contributed by atoms with van der Waals surface area (Å²) in [5, 5.41) is 29.0. The van der Waals surface area contributed by atoms with Gasteiger partial charge in [0.15, 0.2) is 0 Å². The third-order valence-corrected chi connectivity index (χ3v) is 2.71. The van der Waals surface area contributed by atoms with Crippen LogP contribution in [-0.4, -0.2) is 9.85 Å². The number of nitrogens with two attached hydrogens (primary N) is 2. The van der Waals surface area contributed by atoms with Crippen molar-refractivity contribution in [3.63, 3.8) is 0 Å². The van der Waals surface area contributed by atoms with E-state index in [9.17, 15) is 20.2 Å². The van der Waals surface area contributed by atoms with Crippen molar-refractivity contribution in [1.29, 1.82) is 0 Å². The maximum Gasteiger partial charge on any atom is 0.294 e. The van der Waals surface area contributed by atoms with Gasteiger partial charge in [0.2, 0.25) is 0 Å². The fourth-order valence-corrected chi connectivity index (χ4v) is 1.61. The first-order chi connectivity index (χ1) is 10.4. The molecule has 0 unspecified atom stereocenters. The van der Waals surface area contributed by atoms with Gasteiger partial charge in [0.05, 0.1) is 21.2 Å². The van der Waals surface area contributed by atoms with Crippen molar-refractivity contribution in [2.24, 2.45) is 10.2 Å². The number of hydrogen-bond acceptors (Lipinski definition) is 8. The van der Waals surface area contributed by atoms with Crippen LogP contribution >= 0.6 is 0 Å². The number of nitrogens with zero attached hydrogens (tertiary/aromatic N) is 4. The molecule has 0 atom stereocenters. The summed E-state index contributed by atoms with van der Waals surface area (Å²) in [6, 6.07) is 7.65. The number of rotatable bonds is 4. The Kier molecular flexibility index (Phi) is 3.93. The van der Waals surface area contributed by atoms with Crippen molar-refractivity contribution in [3.05, 3.63) is 56.6 Å². The van der Waals surface area contributed by atoms with Gasteiger partial charge in [0.1, 0.15) is 11.4 Å². The summed E-state index contributed by atoms with van der Waals surface area (Å²) in [5.41, 5.74) is 11.2. The summed E-state index contributed by atoms with van der Waals surface area (Å²) in [5.74, 6) is 0. The van der Waals surface area contributed by atoms with Gasteiger partial charge in [-0.25, -0.2) is 0 Å². The average Bonchev–Trinajstić information content (AvgIpc) is 2.46. The molecular formula is C12H10N6O4. The van der Waals surface area contributed by atoms with Crippen LogP contribution in [0.25, 0.3) is 0 Å². The van der Waals surface area contributed by atoms with Crippen LogP contribution in [0.3, 0.4) is 0 Å². The molecule has 0 radical (unpaired) electrons. The Morgan fingerprint density at radius 2 is 1.50 bits per heavy atom. The fraction of sp³-hybridized carbons (Fsp3) is 0. The van der Waals surface area contributed by atoms with E-state index in [2.05, 4.69) is 10.2 Å². The molecule has 0 saturated heterocycles. The van der Waals surface area contributed by atoms with E-state index in [1.807, 2.05) is 0 Å². The summed E-state index contributed by atoms with van der Waals surface area (Å²) in [4.78, 5) is 20.1. The van der Waals surface area contributed by atoms with Crippen molar-refractivity contribution in [2.45, 2.75) is 0 Å². The van der Waals surface area contributed by atoms with E-state index in [1.54, 1.807) is 0 Å². The molecule has 0 aromatic heterocycles. The molecule has 22 heavy (non-hydrogen) atoms. The van der Waals surface area contributed by atoms with Crippen LogP contribution in [0.15, 0.2) is 46.6 Å². The van der Waals surface area contributed by atoms with E-state index in [0.717, 1.165) is 6.07 Å². The van der Waals surface area contributed by atoms with Crippen LogP contribution in [0.1, 0.15) is 0 Å². The summed E-state index contributed by atoms with van der Waals surface area (Å²) >= 11 is 0.